The molecule has 3 heterocycles. The van der Waals surface area contributed by atoms with Gasteiger partial charge in [-0.15, -0.1) is 0 Å². The highest BCUT2D eigenvalue weighted by atomic mass is 16.5. The van der Waals surface area contributed by atoms with E-state index < -0.39 is 0 Å². The van der Waals surface area contributed by atoms with Crippen LogP contribution in [0.2, 0.25) is 0 Å². The minimum atomic E-state index is -0.000231. The van der Waals surface area contributed by atoms with Gasteiger partial charge in [0.25, 0.3) is 11.6 Å². The first-order chi connectivity index (χ1) is 9.61. The summed E-state index contributed by atoms with van der Waals surface area (Å²) in [6.45, 7) is 4.93. The molecule has 20 heavy (non-hydrogen) atoms. The van der Waals surface area contributed by atoms with Gasteiger partial charge in [0.2, 0.25) is 0 Å². The number of hydrogen-bond acceptors (Lipinski definition) is 5. The summed E-state index contributed by atoms with van der Waals surface area (Å²) >= 11 is 0. The van der Waals surface area contributed by atoms with Gasteiger partial charge in [-0.05, 0) is 32.8 Å². The lowest BCUT2D eigenvalue weighted by Crippen LogP contribution is -2.40. The van der Waals surface area contributed by atoms with Crippen molar-refractivity contribution in [3.05, 3.63) is 23.0 Å². The van der Waals surface area contributed by atoms with Crippen LogP contribution < -0.4 is 5.73 Å². The Kier molecular flexibility index (Phi) is 3.17. The summed E-state index contributed by atoms with van der Waals surface area (Å²) in [5.41, 5.74) is 8.24. The summed E-state index contributed by atoms with van der Waals surface area (Å²) in [5, 5.41) is 4.62. The van der Waals surface area contributed by atoms with Crippen LogP contribution in [0.3, 0.4) is 0 Å². The van der Waals surface area contributed by atoms with Crippen LogP contribution in [-0.4, -0.2) is 40.1 Å². The summed E-state index contributed by atoms with van der Waals surface area (Å²) in [5.74, 6) is -0.000231. The van der Waals surface area contributed by atoms with Gasteiger partial charge in [-0.3, -0.25) is 4.79 Å². The van der Waals surface area contributed by atoms with Crippen LogP contribution >= 0.6 is 0 Å². The van der Waals surface area contributed by atoms with Gasteiger partial charge in [0.05, 0.1) is 16.6 Å². The third-order valence-electron chi connectivity index (χ3n) is 3.89. The normalized spacial score (nSPS) is 18.9. The maximum Gasteiger partial charge on any atom is 0.258 e. The molecule has 1 aliphatic rings. The SMILES string of the molecule is Cc1cc(C(=O)N2CCCC2CN)c2c(C)noc2n1. The minimum absolute atomic E-state index is 0.000231. The molecule has 0 radical (unpaired) electrons. The zero-order valence-corrected chi connectivity index (χ0v) is 11.7. The molecular weight excluding hydrogens is 256 g/mol. The van der Waals surface area contributed by atoms with Crippen LogP contribution in [0.1, 0.15) is 34.6 Å². The van der Waals surface area contributed by atoms with E-state index in [1.54, 1.807) is 6.07 Å². The Balaban J connectivity index is 2.09. The minimum Gasteiger partial charge on any atom is -0.336 e. The van der Waals surface area contributed by atoms with Gasteiger partial charge >= 0.3 is 0 Å². The molecule has 1 saturated heterocycles. The topological polar surface area (TPSA) is 85.2 Å². The van der Waals surface area contributed by atoms with Crippen molar-refractivity contribution in [3.63, 3.8) is 0 Å². The second-order valence-electron chi connectivity index (χ2n) is 5.29. The Morgan fingerprint density at radius 1 is 1.55 bits per heavy atom. The molecule has 0 bridgehead atoms. The third kappa shape index (κ3) is 1.96. The number of amides is 1. The number of carbonyl (C=O) groups excluding carboxylic acids is 1. The van der Waals surface area contributed by atoms with E-state index in [9.17, 15) is 4.79 Å². The predicted octanol–water partition coefficient (Wildman–Crippen LogP) is 1.40. The fourth-order valence-electron chi connectivity index (χ4n) is 2.89. The first-order valence-electron chi connectivity index (χ1n) is 6.86. The average molecular weight is 274 g/mol. The lowest BCUT2D eigenvalue weighted by Gasteiger charge is -2.23. The van der Waals surface area contributed by atoms with Crippen molar-refractivity contribution < 1.29 is 9.32 Å². The molecule has 106 valence electrons. The number of likely N-dealkylation sites (tertiary alicyclic amines) is 1. The standard InChI is InChI=1S/C14H18N4O2/c1-8-6-11(12-9(2)17-20-13(12)16-8)14(19)18-5-3-4-10(18)7-15/h6,10H,3-5,7,15H2,1-2H3. The number of carbonyl (C=O) groups is 1. The quantitative estimate of drug-likeness (QED) is 0.894. The van der Waals surface area contributed by atoms with E-state index in [0.717, 1.165) is 25.1 Å². The van der Waals surface area contributed by atoms with Crippen LogP contribution in [0, 0.1) is 13.8 Å². The fourth-order valence-corrected chi connectivity index (χ4v) is 2.89. The van der Waals surface area contributed by atoms with E-state index in [2.05, 4.69) is 10.1 Å². The molecule has 0 spiro atoms. The maximum atomic E-state index is 12.8. The summed E-state index contributed by atoms with van der Waals surface area (Å²) in [6.07, 6.45) is 1.97. The molecule has 1 aliphatic heterocycles. The average Bonchev–Trinajstić information content (AvgIpc) is 3.04. The van der Waals surface area contributed by atoms with E-state index in [4.69, 9.17) is 10.3 Å². The molecule has 2 aromatic heterocycles. The number of rotatable bonds is 2. The van der Waals surface area contributed by atoms with E-state index in [1.807, 2.05) is 18.7 Å². The molecule has 0 aromatic carbocycles. The van der Waals surface area contributed by atoms with Gasteiger partial charge in [0.1, 0.15) is 0 Å². The highest BCUT2D eigenvalue weighted by Gasteiger charge is 2.30. The van der Waals surface area contributed by atoms with Crippen LogP contribution in [-0.2, 0) is 0 Å². The van der Waals surface area contributed by atoms with Crippen molar-refractivity contribution in [2.75, 3.05) is 13.1 Å². The van der Waals surface area contributed by atoms with Crippen molar-refractivity contribution in [1.82, 2.24) is 15.0 Å². The first-order valence-corrected chi connectivity index (χ1v) is 6.86. The molecule has 0 saturated carbocycles. The van der Waals surface area contributed by atoms with E-state index in [1.165, 1.54) is 0 Å². The fraction of sp³-hybridized carbons (Fsp3) is 0.500. The smallest absolute Gasteiger partial charge is 0.258 e. The molecule has 2 aromatic rings. The molecular formula is C14H18N4O2. The molecule has 0 aliphatic carbocycles. The van der Waals surface area contributed by atoms with Crippen LogP contribution in [0.25, 0.3) is 11.1 Å². The zero-order chi connectivity index (χ0) is 14.3. The predicted molar refractivity (Wildman–Crippen MR) is 74.4 cm³/mol. The molecule has 2 N–H and O–H groups in total. The van der Waals surface area contributed by atoms with Crippen LogP contribution in [0.5, 0.6) is 0 Å². The van der Waals surface area contributed by atoms with Crippen molar-refractivity contribution in [3.8, 4) is 0 Å². The molecule has 3 rings (SSSR count). The van der Waals surface area contributed by atoms with E-state index in [-0.39, 0.29) is 11.9 Å². The Bertz CT molecular complexity index is 664. The van der Waals surface area contributed by atoms with E-state index in [0.29, 0.717) is 28.9 Å². The Morgan fingerprint density at radius 3 is 3.10 bits per heavy atom. The van der Waals surface area contributed by atoms with Gasteiger partial charge in [-0.2, -0.15) is 0 Å². The van der Waals surface area contributed by atoms with E-state index >= 15 is 0 Å². The number of nitrogens with zero attached hydrogens (tertiary/aromatic N) is 3. The second-order valence-corrected chi connectivity index (χ2v) is 5.29. The lowest BCUT2D eigenvalue weighted by molar-refractivity contribution is 0.0743. The Morgan fingerprint density at radius 2 is 2.35 bits per heavy atom. The highest BCUT2D eigenvalue weighted by molar-refractivity contribution is 6.06. The number of nitrogens with two attached hydrogens (primary N) is 1. The molecule has 1 atom stereocenters. The monoisotopic (exact) mass is 274 g/mol. The molecule has 6 heteroatoms. The molecule has 6 nitrogen and oxygen atoms in total. The molecule has 1 unspecified atom stereocenters. The number of fused-ring (bicyclic) bond motifs is 1. The van der Waals surface area contributed by atoms with Gasteiger partial charge in [-0.25, -0.2) is 4.98 Å². The maximum absolute atomic E-state index is 12.8. The van der Waals surface area contributed by atoms with Gasteiger partial charge in [0.15, 0.2) is 0 Å². The van der Waals surface area contributed by atoms with Gasteiger partial charge in [0, 0.05) is 24.8 Å². The van der Waals surface area contributed by atoms with Crippen LogP contribution in [0.4, 0.5) is 0 Å². The van der Waals surface area contributed by atoms with Crippen molar-refractivity contribution in [2.45, 2.75) is 32.7 Å². The lowest BCUT2D eigenvalue weighted by atomic mass is 10.1. The van der Waals surface area contributed by atoms with Crippen molar-refractivity contribution >= 4 is 17.0 Å². The third-order valence-corrected chi connectivity index (χ3v) is 3.89. The number of aryl methyl sites for hydroxylation is 2. The Hall–Kier alpha value is -1.95. The number of hydrogen-bond donors (Lipinski definition) is 1. The number of aromatic nitrogens is 2. The summed E-state index contributed by atoms with van der Waals surface area (Å²) < 4.78 is 5.18. The first kappa shape index (κ1) is 13.1. The second kappa shape index (κ2) is 4.86. The number of pyridine rings is 1. The van der Waals surface area contributed by atoms with Gasteiger partial charge < -0.3 is 15.2 Å². The molecule has 1 amide bonds. The summed E-state index contributed by atoms with van der Waals surface area (Å²) in [4.78, 5) is 18.9. The highest BCUT2D eigenvalue weighted by Crippen LogP contribution is 2.26. The van der Waals surface area contributed by atoms with Crippen molar-refractivity contribution in [1.29, 1.82) is 0 Å². The van der Waals surface area contributed by atoms with Crippen LogP contribution in [0.15, 0.2) is 10.6 Å². The van der Waals surface area contributed by atoms with Crippen molar-refractivity contribution in [2.24, 2.45) is 5.73 Å². The molecule has 1 fully saturated rings. The largest absolute Gasteiger partial charge is 0.336 e. The zero-order valence-electron chi connectivity index (χ0n) is 11.7. The Labute approximate surface area is 116 Å². The summed E-state index contributed by atoms with van der Waals surface area (Å²) in [7, 11) is 0. The van der Waals surface area contributed by atoms with Gasteiger partial charge in [-0.1, -0.05) is 5.16 Å². The summed E-state index contributed by atoms with van der Waals surface area (Å²) in [6, 6.07) is 1.94.